The molecule has 1 aromatic rings. The lowest BCUT2D eigenvalue weighted by Crippen LogP contribution is -2.46. The molecule has 1 heterocycles. The third-order valence-corrected chi connectivity index (χ3v) is 2.34. The van der Waals surface area contributed by atoms with Crippen LogP contribution in [-0.2, 0) is 0 Å². The van der Waals surface area contributed by atoms with Gasteiger partial charge in [-0.25, -0.2) is 9.97 Å². The second kappa shape index (κ2) is 5.50. The summed E-state index contributed by atoms with van der Waals surface area (Å²) in [5, 5.41) is 2.75. The van der Waals surface area contributed by atoms with Gasteiger partial charge in [0.05, 0.1) is 16.6 Å². The summed E-state index contributed by atoms with van der Waals surface area (Å²) < 4.78 is 0. The normalized spacial score (nSPS) is 12.2. The average Bonchev–Trinajstić information content (AvgIpc) is 2.25. The number of carbonyl (C=O) groups is 1. The molecule has 0 aliphatic carbocycles. The molecule has 86 valence electrons. The van der Waals surface area contributed by atoms with Crippen molar-refractivity contribution < 1.29 is 4.79 Å². The number of aromatic nitrogens is 2. The van der Waals surface area contributed by atoms with Gasteiger partial charge in [0, 0.05) is 12.4 Å². The summed E-state index contributed by atoms with van der Waals surface area (Å²) in [6.07, 6.45) is 4.25. The van der Waals surface area contributed by atoms with Gasteiger partial charge >= 0.3 is 0 Å². The van der Waals surface area contributed by atoms with Crippen molar-refractivity contribution in [3.05, 3.63) is 24.3 Å². The van der Waals surface area contributed by atoms with Crippen molar-refractivity contribution in [3.8, 4) is 0 Å². The topological polar surface area (TPSA) is 80.9 Å². The maximum atomic E-state index is 11.8. The minimum Gasteiger partial charge on any atom is -0.392 e. The highest BCUT2D eigenvalue weighted by molar-refractivity contribution is 7.80. The monoisotopic (exact) mass is 238 g/mol. The Hall–Kier alpha value is -1.56. The van der Waals surface area contributed by atoms with Gasteiger partial charge in [-0.3, -0.25) is 4.79 Å². The van der Waals surface area contributed by atoms with Crippen LogP contribution < -0.4 is 11.1 Å². The predicted octanol–water partition coefficient (Wildman–Crippen LogP) is 0.517. The summed E-state index contributed by atoms with van der Waals surface area (Å²) in [6, 6.07) is -0.317. The predicted molar refractivity (Wildman–Crippen MR) is 64.9 cm³/mol. The molecule has 1 aromatic heterocycles. The molecule has 0 radical (unpaired) electrons. The van der Waals surface area contributed by atoms with Gasteiger partial charge in [-0.1, -0.05) is 26.1 Å². The quantitative estimate of drug-likeness (QED) is 0.747. The molecule has 1 unspecified atom stereocenters. The van der Waals surface area contributed by atoms with Crippen molar-refractivity contribution in [2.24, 2.45) is 11.7 Å². The van der Waals surface area contributed by atoms with Crippen LogP contribution in [0.25, 0.3) is 0 Å². The molecule has 3 N–H and O–H groups in total. The summed E-state index contributed by atoms with van der Waals surface area (Å²) in [5.41, 5.74) is 5.94. The fourth-order valence-corrected chi connectivity index (χ4v) is 1.54. The van der Waals surface area contributed by atoms with E-state index in [4.69, 9.17) is 18.0 Å². The van der Waals surface area contributed by atoms with Crippen molar-refractivity contribution >= 4 is 23.1 Å². The van der Waals surface area contributed by atoms with E-state index in [1.807, 2.05) is 13.8 Å². The third-order valence-electron chi connectivity index (χ3n) is 2.08. The molecule has 0 bridgehead atoms. The second-order valence-corrected chi connectivity index (χ2v) is 4.20. The number of hydrogen-bond acceptors (Lipinski definition) is 4. The highest BCUT2D eigenvalue weighted by Gasteiger charge is 2.19. The van der Waals surface area contributed by atoms with Gasteiger partial charge in [0.1, 0.15) is 6.33 Å². The van der Waals surface area contributed by atoms with Crippen molar-refractivity contribution in [2.45, 2.75) is 19.9 Å². The Labute approximate surface area is 99.5 Å². The second-order valence-electron chi connectivity index (χ2n) is 3.72. The number of nitrogens with two attached hydrogens (primary N) is 1. The van der Waals surface area contributed by atoms with Gasteiger partial charge in [0.25, 0.3) is 5.91 Å². The van der Waals surface area contributed by atoms with E-state index in [-0.39, 0.29) is 22.9 Å². The van der Waals surface area contributed by atoms with E-state index in [1.54, 1.807) is 0 Å². The van der Waals surface area contributed by atoms with Crippen LogP contribution in [0.3, 0.4) is 0 Å². The molecule has 0 aromatic carbocycles. The maximum Gasteiger partial charge on any atom is 0.254 e. The van der Waals surface area contributed by atoms with Crippen molar-refractivity contribution in [1.29, 1.82) is 0 Å². The van der Waals surface area contributed by atoms with E-state index in [1.165, 1.54) is 18.7 Å². The van der Waals surface area contributed by atoms with Gasteiger partial charge in [-0.05, 0) is 5.92 Å². The first kappa shape index (κ1) is 12.5. The van der Waals surface area contributed by atoms with Crippen molar-refractivity contribution in [3.63, 3.8) is 0 Å². The Kier molecular flexibility index (Phi) is 4.30. The van der Waals surface area contributed by atoms with E-state index in [0.717, 1.165) is 0 Å². The SMILES string of the molecule is CC(C)C(NC(=O)c1cncnc1)C(N)=S. The van der Waals surface area contributed by atoms with Gasteiger partial charge < -0.3 is 11.1 Å². The Bertz CT molecular complexity index is 380. The van der Waals surface area contributed by atoms with Crippen LogP contribution in [0.1, 0.15) is 24.2 Å². The number of thiocarbonyl (C=S) groups is 1. The molecule has 0 aliphatic rings. The molecular weight excluding hydrogens is 224 g/mol. The van der Waals surface area contributed by atoms with Crippen LogP contribution in [-0.4, -0.2) is 26.9 Å². The van der Waals surface area contributed by atoms with Gasteiger partial charge in [-0.15, -0.1) is 0 Å². The summed E-state index contributed by atoms with van der Waals surface area (Å²) >= 11 is 4.89. The lowest BCUT2D eigenvalue weighted by Gasteiger charge is -2.20. The number of rotatable bonds is 4. The highest BCUT2D eigenvalue weighted by atomic mass is 32.1. The first-order valence-electron chi connectivity index (χ1n) is 4.87. The van der Waals surface area contributed by atoms with E-state index < -0.39 is 0 Å². The zero-order chi connectivity index (χ0) is 12.1. The molecule has 0 aliphatic heterocycles. The lowest BCUT2D eigenvalue weighted by atomic mass is 10.0. The van der Waals surface area contributed by atoms with Gasteiger partial charge in [0.15, 0.2) is 0 Å². The molecule has 0 saturated heterocycles. The molecular formula is C10H14N4OS. The number of nitrogens with one attached hydrogen (secondary N) is 1. The molecule has 0 spiro atoms. The first-order valence-corrected chi connectivity index (χ1v) is 5.28. The van der Waals surface area contributed by atoms with E-state index >= 15 is 0 Å². The van der Waals surface area contributed by atoms with Gasteiger partial charge in [-0.2, -0.15) is 0 Å². The minimum absolute atomic E-state index is 0.145. The van der Waals surface area contributed by atoms with Crippen LogP contribution in [0.2, 0.25) is 0 Å². The standard InChI is InChI=1S/C10H14N4OS/c1-6(2)8(9(11)16)14-10(15)7-3-12-5-13-4-7/h3-6,8H,1-2H3,(H2,11,16)(H,14,15). The van der Waals surface area contributed by atoms with Crippen LogP contribution in [0.5, 0.6) is 0 Å². The van der Waals surface area contributed by atoms with Crippen molar-refractivity contribution in [2.75, 3.05) is 0 Å². The van der Waals surface area contributed by atoms with Gasteiger partial charge in [0.2, 0.25) is 0 Å². The Morgan fingerprint density at radius 2 is 2.00 bits per heavy atom. The summed E-state index contributed by atoms with van der Waals surface area (Å²) in [4.78, 5) is 19.6. The van der Waals surface area contributed by atoms with E-state index in [9.17, 15) is 4.79 Å². The molecule has 6 heteroatoms. The first-order chi connectivity index (χ1) is 7.52. The Balaban J connectivity index is 2.74. The average molecular weight is 238 g/mol. The largest absolute Gasteiger partial charge is 0.392 e. The molecule has 16 heavy (non-hydrogen) atoms. The van der Waals surface area contributed by atoms with Crippen LogP contribution >= 0.6 is 12.2 Å². The fraction of sp³-hybridized carbons (Fsp3) is 0.400. The highest BCUT2D eigenvalue weighted by Crippen LogP contribution is 2.03. The molecule has 0 saturated carbocycles. The molecule has 1 amide bonds. The number of carbonyl (C=O) groups excluding carboxylic acids is 1. The van der Waals surface area contributed by atoms with Crippen LogP contribution in [0.4, 0.5) is 0 Å². The Morgan fingerprint density at radius 3 is 2.44 bits per heavy atom. The Morgan fingerprint density at radius 1 is 1.44 bits per heavy atom. The number of nitrogens with zero attached hydrogens (tertiary/aromatic N) is 2. The van der Waals surface area contributed by atoms with E-state index in [2.05, 4.69) is 15.3 Å². The molecule has 0 fully saturated rings. The van der Waals surface area contributed by atoms with Crippen molar-refractivity contribution in [1.82, 2.24) is 15.3 Å². The molecule has 1 rings (SSSR count). The third kappa shape index (κ3) is 3.23. The maximum absolute atomic E-state index is 11.8. The zero-order valence-electron chi connectivity index (χ0n) is 9.18. The number of amides is 1. The fourth-order valence-electron chi connectivity index (χ4n) is 1.21. The summed E-state index contributed by atoms with van der Waals surface area (Å²) in [7, 11) is 0. The molecule has 5 nitrogen and oxygen atoms in total. The minimum atomic E-state index is -0.317. The van der Waals surface area contributed by atoms with E-state index in [0.29, 0.717) is 5.56 Å². The smallest absolute Gasteiger partial charge is 0.254 e. The molecule has 1 atom stereocenters. The number of hydrogen-bond donors (Lipinski definition) is 2. The lowest BCUT2D eigenvalue weighted by molar-refractivity contribution is 0.0939. The summed E-state index contributed by atoms with van der Waals surface area (Å²) in [6.45, 7) is 3.87. The summed E-state index contributed by atoms with van der Waals surface area (Å²) in [5.74, 6) is -0.127. The van der Waals surface area contributed by atoms with Crippen LogP contribution in [0.15, 0.2) is 18.7 Å². The zero-order valence-corrected chi connectivity index (χ0v) is 9.99. The van der Waals surface area contributed by atoms with Crippen LogP contribution in [0, 0.1) is 5.92 Å².